The maximum absolute atomic E-state index is 13.7. The van der Waals surface area contributed by atoms with E-state index in [1.165, 1.54) is 3.97 Å². The summed E-state index contributed by atoms with van der Waals surface area (Å²) in [4.78, 5) is 4.63. The van der Waals surface area contributed by atoms with Gasteiger partial charge in [-0.05, 0) is 49.9 Å². The van der Waals surface area contributed by atoms with Gasteiger partial charge >= 0.3 is 0 Å². The van der Waals surface area contributed by atoms with E-state index in [1.54, 1.807) is 19.2 Å². The third-order valence-corrected chi connectivity index (χ3v) is 6.29. The van der Waals surface area contributed by atoms with Crippen molar-refractivity contribution in [3.8, 4) is 17.1 Å². The van der Waals surface area contributed by atoms with E-state index in [1.807, 2.05) is 50.2 Å². The largest absolute Gasteiger partial charge is 0.492 e. The van der Waals surface area contributed by atoms with Gasteiger partial charge in [-0.3, -0.25) is 0 Å². The molecule has 0 saturated heterocycles. The van der Waals surface area contributed by atoms with Gasteiger partial charge in [0.15, 0.2) is 5.82 Å². The van der Waals surface area contributed by atoms with Crippen molar-refractivity contribution < 1.29 is 13.2 Å². The average molecular weight is 399 g/mol. The lowest BCUT2D eigenvalue weighted by molar-refractivity contribution is 0.330. The van der Waals surface area contributed by atoms with Gasteiger partial charge in [-0.25, -0.2) is 17.4 Å². The Morgan fingerprint density at radius 2 is 1.79 bits per heavy atom. The molecule has 3 rings (SSSR count). The highest BCUT2D eigenvalue weighted by Gasteiger charge is 2.27. The van der Waals surface area contributed by atoms with E-state index in [-0.39, 0.29) is 10.8 Å². The number of hydrogen-bond donors (Lipinski definition) is 0. The van der Waals surface area contributed by atoms with Crippen molar-refractivity contribution in [3.05, 3.63) is 65.5 Å². The highest BCUT2D eigenvalue weighted by Crippen LogP contribution is 2.34. The molecule has 0 N–H and O–H groups in total. The fourth-order valence-corrected chi connectivity index (χ4v) is 4.84. The normalized spacial score (nSPS) is 11.8. The van der Waals surface area contributed by atoms with Crippen LogP contribution in [0.25, 0.3) is 11.4 Å². The second kappa shape index (κ2) is 7.80. The minimum atomic E-state index is -3.89. The van der Waals surface area contributed by atoms with Crippen molar-refractivity contribution in [2.24, 2.45) is 0 Å². The summed E-state index contributed by atoms with van der Waals surface area (Å²) in [5.41, 5.74) is 3.38. The molecule has 28 heavy (non-hydrogen) atoms. The first-order chi connectivity index (χ1) is 13.3. The molecule has 3 aromatic rings. The van der Waals surface area contributed by atoms with E-state index in [9.17, 15) is 8.42 Å². The summed E-state index contributed by atoms with van der Waals surface area (Å²) in [5.74, 6) is 0.963. The predicted octanol–water partition coefficient (Wildman–Crippen LogP) is 4.93. The first-order valence-corrected chi connectivity index (χ1v) is 10.8. The van der Waals surface area contributed by atoms with Gasteiger partial charge in [0.2, 0.25) is 0 Å². The smallest absolute Gasteiger partial charge is 0.273 e. The monoisotopic (exact) mass is 398 g/mol. The van der Waals surface area contributed by atoms with Crippen LogP contribution in [-0.2, 0) is 10.0 Å². The van der Waals surface area contributed by atoms with E-state index in [4.69, 9.17) is 4.74 Å². The van der Waals surface area contributed by atoms with E-state index < -0.39 is 10.0 Å². The van der Waals surface area contributed by atoms with Crippen molar-refractivity contribution in [3.63, 3.8) is 0 Å². The first kappa shape index (κ1) is 20.1. The zero-order valence-electron chi connectivity index (χ0n) is 16.9. The molecule has 0 amide bonds. The Morgan fingerprint density at radius 3 is 2.39 bits per heavy atom. The Kier molecular flexibility index (Phi) is 5.61. The first-order valence-electron chi connectivity index (χ1n) is 9.40. The SMILES string of the molecule is CCOc1cc(C)c(C(C)C)cc1S(=O)(=O)n1cc(C)nc1-c1ccccc1. The highest BCUT2D eigenvalue weighted by molar-refractivity contribution is 7.90. The van der Waals surface area contributed by atoms with Gasteiger partial charge in [0.05, 0.1) is 12.3 Å². The van der Waals surface area contributed by atoms with Gasteiger partial charge in [0, 0.05) is 11.8 Å². The average Bonchev–Trinajstić information content (AvgIpc) is 3.05. The van der Waals surface area contributed by atoms with Gasteiger partial charge in [-0.1, -0.05) is 44.2 Å². The highest BCUT2D eigenvalue weighted by atomic mass is 32.2. The van der Waals surface area contributed by atoms with Crippen LogP contribution in [0.2, 0.25) is 0 Å². The molecular weight excluding hydrogens is 372 g/mol. The summed E-state index contributed by atoms with van der Waals surface area (Å²) in [6.45, 7) is 10.1. The van der Waals surface area contributed by atoms with E-state index in [0.717, 1.165) is 16.7 Å². The van der Waals surface area contributed by atoms with Crippen LogP contribution < -0.4 is 4.74 Å². The van der Waals surface area contributed by atoms with Gasteiger partial charge in [0.25, 0.3) is 10.0 Å². The lowest BCUT2D eigenvalue weighted by atomic mass is 9.98. The van der Waals surface area contributed by atoms with Gasteiger partial charge < -0.3 is 4.74 Å². The fraction of sp³-hybridized carbons (Fsp3) is 0.318. The summed E-state index contributed by atoms with van der Waals surface area (Å²) < 4.78 is 34.3. The molecule has 0 bridgehead atoms. The van der Waals surface area contributed by atoms with Crippen molar-refractivity contribution >= 4 is 10.0 Å². The zero-order valence-corrected chi connectivity index (χ0v) is 17.7. The topological polar surface area (TPSA) is 61.2 Å². The maximum Gasteiger partial charge on any atom is 0.273 e. The molecule has 0 radical (unpaired) electrons. The molecule has 6 heteroatoms. The van der Waals surface area contributed by atoms with Gasteiger partial charge in [-0.15, -0.1) is 0 Å². The summed E-state index contributed by atoms with van der Waals surface area (Å²) >= 11 is 0. The van der Waals surface area contributed by atoms with E-state index in [2.05, 4.69) is 18.8 Å². The Balaban J connectivity index is 2.26. The Morgan fingerprint density at radius 1 is 1.11 bits per heavy atom. The van der Waals surface area contributed by atoms with E-state index >= 15 is 0 Å². The number of rotatable bonds is 6. The molecule has 148 valence electrons. The van der Waals surface area contributed by atoms with Crippen molar-refractivity contribution in [2.45, 2.75) is 45.4 Å². The standard InChI is InChI=1S/C22H26N2O3S/c1-6-27-20-12-16(4)19(15(2)3)13-21(20)28(25,26)24-14-17(5)23-22(24)18-10-8-7-9-11-18/h7-15H,6H2,1-5H3. The third-order valence-electron chi connectivity index (χ3n) is 4.62. The van der Waals surface area contributed by atoms with Crippen LogP contribution in [0.15, 0.2) is 53.6 Å². The van der Waals surface area contributed by atoms with Crippen LogP contribution >= 0.6 is 0 Å². The molecule has 0 aliphatic heterocycles. The molecule has 0 aliphatic carbocycles. The molecule has 1 aromatic heterocycles. The Labute approximate surface area is 167 Å². The molecule has 1 heterocycles. The maximum atomic E-state index is 13.7. The number of aryl methyl sites for hydroxylation is 2. The molecule has 0 fully saturated rings. The molecule has 0 spiro atoms. The quantitative estimate of drug-likeness (QED) is 0.591. The number of aromatic nitrogens is 2. The molecule has 0 unspecified atom stereocenters. The predicted molar refractivity (Wildman–Crippen MR) is 111 cm³/mol. The minimum Gasteiger partial charge on any atom is -0.492 e. The molecule has 2 aromatic carbocycles. The minimum absolute atomic E-state index is 0.165. The van der Waals surface area contributed by atoms with Crippen LogP contribution in [0.4, 0.5) is 0 Å². The molecule has 0 aliphatic rings. The fourth-order valence-electron chi connectivity index (χ4n) is 3.31. The number of imidazole rings is 1. The van der Waals surface area contributed by atoms with Crippen LogP contribution in [-0.4, -0.2) is 24.0 Å². The van der Waals surface area contributed by atoms with Crippen LogP contribution in [0.5, 0.6) is 5.75 Å². The molecule has 0 atom stereocenters. The Bertz CT molecular complexity index is 1080. The molecule has 0 saturated carbocycles. The van der Waals surface area contributed by atoms with Crippen molar-refractivity contribution in [1.29, 1.82) is 0 Å². The van der Waals surface area contributed by atoms with Gasteiger partial charge in [-0.2, -0.15) is 0 Å². The van der Waals surface area contributed by atoms with Gasteiger partial charge in [0.1, 0.15) is 10.6 Å². The second-order valence-corrected chi connectivity index (χ2v) is 8.90. The van der Waals surface area contributed by atoms with Crippen LogP contribution in [0.1, 0.15) is 43.5 Å². The van der Waals surface area contributed by atoms with E-state index in [0.29, 0.717) is 23.9 Å². The summed E-state index contributed by atoms with van der Waals surface area (Å²) in [5, 5.41) is 0. The second-order valence-electron chi connectivity index (χ2n) is 7.12. The molecule has 5 nitrogen and oxygen atoms in total. The third kappa shape index (κ3) is 3.69. The molecular formula is C22H26N2O3S. The number of benzene rings is 2. The lowest BCUT2D eigenvalue weighted by Crippen LogP contribution is -2.16. The number of ether oxygens (including phenoxy) is 1. The summed E-state index contributed by atoms with van der Waals surface area (Å²) in [7, 11) is -3.89. The number of hydrogen-bond acceptors (Lipinski definition) is 4. The van der Waals surface area contributed by atoms with Crippen LogP contribution in [0, 0.1) is 13.8 Å². The zero-order chi connectivity index (χ0) is 20.5. The van der Waals surface area contributed by atoms with Crippen molar-refractivity contribution in [2.75, 3.05) is 6.61 Å². The van der Waals surface area contributed by atoms with Crippen LogP contribution in [0.3, 0.4) is 0 Å². The number of nitrogens with zero attached hydrogens (tertiary/aromatic N) is 2. The lowest BCUT2D eigenvalue weighted by Gasteiger charge is -2.18. The van der Waals surface area contributed by atoms with Crippen molar-refractivity contribution in [1.82, 2.24) is 8.96 Å². The summed E-state index contributed by atoms with van der Waals surface area (Å²) in [6, 6.07) is 12.9. The summed E-state index contributed by atoms with van der Waals surface area (Å²) in [6.07, 6.45) is 1.56. The Hall–Kier alpha value is -2.60.